The van der Waals surface area contributed by atoms with Crippen molar-refractivity contribution >= 4 is 11.5 Å². The van der Waals surface area contributed by atoms with Gasteiger partial charge in [-0.15, -0.1) is 0 Å². The van der Waals surface area contributed by atoms with Gasteiger partial charge in [0.25, 0.3) is 0 Å². The fourth-order valence-electron chi connectivity index (χ4n) is 1.95. The first-order valence-electron chi connectivity index (χ1n) is 5.98. The van der Waals surface area contributed by atoms with Crippen LogP contribution in [0.25, 0.3) is 5.65 Å². The Morgan fingerprint density at radius 2 is 2.24 bits per heavy atom. The van der Waals surface area contributed by atoms with Crippen molar-refractivity contribution in [1.29, 1.82) is 0 Å². The van der Waals surface area contributed by atoms with Crippen LogP contribution >= 0.6 is 0 Å². The van der Waals surface area contributed by atoms with E-state index in [9.17, 15) is 5.11 Å². The Kier molecular flexibility index (Phi) is 3.33. The fourth-order valence-corrected chi connectivity index (χ4v) is 1.95. The van der Waals surface area contributed by atoms with E-state index < -0.39 is 0 Å². The van der Waals surface area contributed by atoms with Crippen molar-refractivity contribution in [2.75, 3.05) is 11.9 Å². The van der Waals surface area contributed by atoms with Crippen molar-refractivity contribution in [2.24, 2.45) is 0 Å². The maximum absolute atomic E-state index is 9.52. The lowest BCUT2D eigenvalue weighted by atomic mass is 10.2. The van der Waals surface area contributed by atoms with Gasteiger partial charge in [-0.1, -0.05) is 13.0 Å². The molecule has 2 heterocycles. The Balaban J connectivity index is 2.53. The highest BCUT2D eigenvalue weighted by Gasteiger charge is 2.17. The van der Waals surface area contributed by atoms with Crippen LogP contribution in [0.1, 0.15) is 26.0 Å². The summed E-state index contributed by atoms with van der Waals surface area (Å²) in [5.41, 5.74) is 1.73. The fraction of sp³-hybridized carbons (Fsp3) is 0.462. The average molecular weight is 233 g/mol. The molecule has 0 amide bonds. The highest BCUT2D eigenvalue weighted by Crippen LogP contribution is 2.23. The van der Waals surface area contributed by atoms with Gasteiger partial charge in [0.05, 0.1) is 12.3 Å². The highest BCUT2D eigenvalue weighted by atomic mass is 16.3. The third-order valence-corrected chi connectivity index (χ3v) is 3.34. The summed E-state index contributed by atoms with van der Waals surface area (Å²) in [6.45, 7) is 4.31. The van der Waals surface area contributed by atoms with E-state index in [-0.39, 0.29) is 6.61 Å². The Morgan fingerprint density at radius 3 is 2.88 bits per heavy atom. The summed E-state index contributed by atoms with van der Waals surface area (Å²) in [4.78, 5) is 6.70. The molecule has 2 rings (SSSR count). The van der Waals surface area contributed by atoms with Crippen LogP contribution in [0.2, 0.25) is 0 Å². The molecule has 0 aliphatic rings. The Labute approximate surface area is 102 Å². The Morgan fingerprint density at radius 1 is 1.47 bits per heavy atom. The van der Waals surface area contributed by atoms with Crippen LogP contribution in [0.4, 0.5) is 5.82 Å². The minimum Gasteiger partial charge on any atom is -0.390 e. The number of rotatable bonds is 4. The van der Waals surface area contributed by atoms with Crippen LogP contribution in [-0.2, 0) is 6.61 Å². The molecule has 0 saturated heterocycles. The van der Waals surface area contributed by atoms with Gasteiger partial charge in [0.1, 0.15) is 5.65 Å². The molecule has 4 nitrogen and oxygen atoms in total. The number of anilines is 1. The molecule has 0 bridgehead atoms. The molecule has 0 aromatic carbocycles. The SMILES string of the molecule is CCC(C)N(C)c1nc2ccccn2c1CO. The maximum atomic E-state index is 9.52. The molecule has 1 N–H and O–H groups in total. The molecule has 0 radical (unpaired) electrons. The van der Waals surface area contributed by atoms with Gasteiger partial charge in [0.2, 0.25) is 0 Å². The quantitative estimate of drug-likeness (QED) is 0.878. The minimum absolute atomic E-state index is 0.00128. The number of hydrogen-bond acceptors (Lipinski definition) is 3. The van der Waals surface area contributed by atoms with Gasteiger partial charge >= 0.3 is 0 Å². The van der Waals surface area contributed by atoms with Crippen LogP contribution in [0.5, 0.6) is 0 Å². The molecule has 0 saturated carbocycles. The van der Waals surface area contributed by atoms with E-state index in [1.165, 1.54) is 0 Å². The van der Waals surface area contributed by atoms with Gasteiger partial charge < -0.3 is 10.0 Å². The second-order valence-corrected chi connectivity index (χ2v) is 4.34. The predicted octanol–water partition coefficient (Wildman–Crippen LogP) is 2.06. The number of pyridine rings is 1. The summed E-state index contributed by atoms with van der Waals surface area (Å²) < 4.78 is 1.94. The van der Waals surface area contributed by atoms with Crippen molar-refractivity contribution < 1.29 is 5.11 Å². The standard InChI is InChI=1S/C13H19N3O/c1-4-10(2)15(3)13-11(9-17)16-8-6-5-7-12(16)14-13/h5-8,10,17H,4,9H2,1-3H3. The predicted molar refractivity (Wildman–Crippen MR) is 69.3 cm³/mol. The summed E-state index contributed by atoms with van der Waals surface area (Å²) in [5, 5.41) is 9.52. The normalized spacial score (nSPS) is 12.9. The third kappa shape index (κ3) is 2.00. The molecule has 1 atom stereocenters. The molecule has 2 aromatic heterocycles. The van der Waals surface area contributed by atoms with Crippen LogP contribution in [0.15, 0.2) is 24.4 Å². The monoisotopic (exact) mass is 233 g/mol. The van der Waals surface area contributed by atoms with Crippen LogP contribution in [0, 0.1) is 0 Å². The molecule has 2 aromatic rings. The van der Waals surface area contributed by atoms with Crippen molar-refractivity contribution in [3.8, 4) is 0 Å². The molecule has 0 aliphatic carbocycles. The van der Waals surface area contributed by atoms with Gasteiger partial charge in [0, 0.05) is 19.3 Å². The van der Waals surface area contributed by atoms with Crippen molar-refractivity contribution in [3.05, 3.63) is 30.1 Å². The van der Waals surface area contributed by atoms with E-state index in [0.717, 1.165) is 23.6 Å². The van der Waals surface area contributed by atoms with Gasteiger partial charge in [-0.2, -0.15) is 0 Å². The number of fused-ring (bicyclic) bond motifs is 1. The molecule has 17 heavy (non-hydrogen) atoms. The van der Waals surface area contributed by atoms with E-state index in [0.29, 0.717) is 6.04 Å². The molecular formula is C13H19N3O. The maximum Gasteiger partial charge on any atom is 0.153 e. The second-order valence-electron chi connectivity index (χ2n) is 4.34. The van der Waals surface area contributed by atoms with Crippen LogP contribution in [-0.4, -0.2) is 27.6 Å². The summed E-state index contributed by atoms with van der Waals surface area (Å²) in [5.74, 6) is 0.869. The first kappa shape index (κ1) is 11.9. The summed E-state index contributed by atoms with van der Waals surface area (Å²) >= 11 is 0. The number of aliphatic hydroxyl groups is 1. The van der Waals surface area contributed by atoms with Gasteiger partial charge in [-0.25, -0.2) is 4.98 Å². The summed E-state index contributed by atoms with van der Waals surface area (Å²) in [6.07, 6.45) is 2.98. The summed E-state index contributed by atoms with van der Waals surface area (Å²) in [6, 6.07) is 6.26. The highest BCUT2D eigenvalue weighted by molar-refractivity contribution is 5.55. The second kappa shape index (κ2) is 4.75. The van der Waals surface area contributed by atoms with E-state index >= 15 is 0 Å². The lowest BCUT2D eigenvalue weighted by molar-refractivity contribution is 0.276. The largest absolute Gasteiger partial charge is 0.390 e. The zero-order valence-corrected chi connectivity index (χ0v) is 10.6. The number of hydrogen-bond donors (Lipinski definition) is 1. The minimum atomic E-state index is 0.00128. The average Bonchev–Trinajstić information content (AvgIpc) is 2.75. The zero-order chi connectivity index (χ0) is 12.4. The molecule has 0 spiro atoms. The molecular weight excluding hydrogens is 214 g/mol. The topological polar surface area (TPSA) is 40.8 Å². The van der Waals surface area contributed by atoms with E-state index in [1.807, 2.05) is 35.8 Å². The van der Waals surface area contributed by atoms with Crippen molar-refractivity contribution in [3.63, 3.8) is 0 Å². The molecule has 0 aliphatic heterocycles. The van der Waals surface area contributed by atoms with Gasteiger partial charge in [0.15, 0.2) is 5.82 Å². The molecule has 92 valence electrons. The van der Waals surface area contributed by atoms with Crippen LogP contribution in [0.3, 0.4) is 0 Å². The molecule has 4 heteroatoms. The Hall–Kier alpha value is -1.55. The number of imidazole rings is 1. The smallest absolute Gasteiger partial charge is 0.153 e. The molecule has 0 fully saturated rings. The van der Waals surface area contributed by atoms with Gasteiger partial charge in [-0.3, -0.25) is 4.40 Å². The lowest BCUT2D eigenvalue weighted by Crippen LogP contribution is -2.29. The van der Waals surface area contributed by atoms with E-state index in [2.05, 4.69) is 23.7 Å². The first-order chi connectivity index (χ1) is 8.19. The van der Waals surface area contributed by atoms with E-state index in [4.69, 9.17) is 0 Å². The number of aliphatic hydroxyl groups excluding tert-OH is 1. The van der Waals surface area contributed by atoms with Crippen molar-refractivity contribution in [2.45, 2.75) is 32.9 Å². The third-order valence-electron chi connectivity index (χ3n) is 3.34. The van der Waals surface area contributed by atoms with Gasteiger partial charge in [-0.05, 0) is 25.5 Å². The van der Waals surface area contributed by atoms with Crippen molar-refractivity contribution in [1.82, 2.24) is 9.38 Å². The number of nitrogens with zero attached hydrogens (tertiary/aromatic N) is 3. The summed E-state index contributed by atoms with van der Waals surface area (Å²) in [7, 11) is 2.02. The van der Waals surface area contributed by atoms with Crippen LogP contribution < -0.4 is 4.90 Å². The number of aromatic nitrogens is 2. The molecule has 1 unspecified atom stereocenters. The Bertz CT molecular complexity index is 506. The lowest BCUT2D eigenvalue weighted by Gasteiger charge is -2.24. The van der Waals surface area contributed by atoms with E-state index in [1.54, 1.807) is 0 Å². The first-order valence-corrected chi connectivity index (χ1v) is 5.98. The zero-order valence-electron chi connectivity index (χ0n) is 10.6.